The highest BCUT2D eigenvalue weighted by atomic mass is 127. The standard InChI is InChI=1S/C32H40I6N6O14/c33-21-17(29(39)55)23(35)27(24(36)20(21)32(58)43(5-15(53)9-47)6-16(54)10-48)40-1-12(50)4-44(11-49)28-25(37)18(30(56)41-2-13(51)7-45)22(34)19(26(28)38)31(57)42-3-14(52)8-46/h11-16,40,45-48,50-54H,1-10H2,(H2,39,55)(H,41,56)(H,42,57). The van der Waals surface area contributed by atoms with Crippen LogP contribution in [0, 0.1) is 21.4 Å². The largest absolute Gasteiger partial charge is 0.394 e. The number of amides is 5. The van der Waals surface area contributed by atoms with Gasteiger partial charge in [0, 0.05) is 39.9 Å². The monoisotopic (exact) mass is 1490 g/mol. The van der Waals surface area contributed by atoms with E-state index in [9.17, 15) is 69.9 Å². The van der Waals surface area contributed by atoms with Gasteiger partial charge in [-0.05, 0) is 136 Å². The number of benzene rings is 2. The van der Waals surface area contributed by atoms with Crippen LogP contribution in [0.25, 0.3) is 0 Å². The summed E-state index contributed by atoms with van der Waals surface area (Å²) in [4.78, 5) is 68.4. The summed E-state index contributed by atoms with van der Waals surface area (Å²) < 4.78 is 1.08. The molecule has 0 aliphatic heterocycles. The minimum absolute atomic E-state index is 0.0360. The van der Waals surface area contributed by atoms with Crippen LogP contribution < -0.4 is 26.6 Å². The first-order chi connectivity index (χ1) is 27.2. The molecule has 2 aromatic rings. The lowest BCUT2D eigenvalue weighted by Gasteiger charge is -2.29. The molecular weight excluding hydrogens is 1450 g/mol. The molecule has 0 saturated heterocycles. The number of nitrogens with two attached hydrogens (primary N) is 1. The fourth-order valence-electron chi connectivity index (χ4n) is 4.97. The summed E-state index contributed by atoms with van der Waals surface area (Å²) in [6.45, 7) is -5.13. The fourth-order valence-corrected chi connectivity index (χ4v) is 14.3. The summed E-state index contributed by atoms with van der Waals surface area (Å²) in [5.74, 6) is -3.25. The van der Waals surface area contributed by atoms with Crippen molar-refractivity contribution in [2.45, 2.75) is 30.5 Å². The molecule has 58 heavy (non-hydrogen) atoms. The van der Waals surface area contributed by atoms with Gasteiger partial charge in [0.2, 0.25) is 6.41 Å². The third-order valence-electron chi connectivity index (χ3n) is 7.85. The Kier molecular flexibility index (Phi) is 23.8. The van der Waals surface area contributed by atoms with E-state index < -0.39 is 100 Å². The van der Waals surface area contributed by atoms with E-state index in [4.69, 9.17) is 5.73 Å². The number of anilines is 2. The van der Waals surface area contributed by atoms with E-state index in [0.717, 1.165) is 9.80 Å². The van der Waals surface area contributed by atoms with Crippen molar-refractivity contribution in [3.05, 3.63) is 43.7 Å². The zero-order chi connectivity index (χ0) is 44.2. The third-order valence-corrected chi connectivity index (χ3v) is 14.3. The van der Waals surface area contributed by atoms with Gasteiger partial charge in [0.05, 0.1) is 111 Å². The van der Waals surface area contributed by atoms with E-state index in [0.29, 0.717) is 6.41 Å². The molecule has 5 atom stereocenters. The smallest absolute Gasteiger partial charge is 0.256 e. The lowest BCUT2D eigenvalue weighted by atomic mass is 10.1. The Morgan fingerprint density at radius 3 is 1.38 bits per heavy atom. The number of carbonyl (C=O) groups excluding carboxylic acids is 5. The number of hydrogen-bond donors (Lipinski definition) is 13. The van der Waals surface area contributed by atoms with E-state index in [1.807, 2.05) is 45.2 Å². The maximum absolute atomic E-state index is 14.0. The van der Waals surface area contributed by atoms with Crippen molar-refractivity contribution in [2.24, 2.45) is 5.73 Å². The summed E-state index contributed by atoms with van der Waals surface area (Å²) >= 11 is 10.8. The minimum Gasteiger partial charge on any atom is -0.394 e. The molecule has 0 radical (unpaired) electrons. The fraction of sp³-hybridized carbons (Fsp3) is 0.469. The second-order valence-corrected chi connectivity index (χ2v) is 18.7. The number of nitrogens with one attached hydrogen (secondary N) is 3. The van der Waals surface area contributed by atoms with Crippen molar-refractivity contribution in [3.63, 3.8) is 0 Å². The highest BCUT2D eigenvalue weighted by Gasteiger charge is 2.33. The molecule has 5 amide bonds. The second-order valence-electron chi connectivity index (χ2n) is 12.2. The molecule has 0 saturated carbocycles. The van der Waals surface area contributed by atoms with Gasteiger partial charge < -0.3 is 77.4 Å². The van der Waals surface area contributed by atoms with Gasteiger partial charge in [-0.25, -0.2) is 0 Å². The van der Waals surface area contributed by atoms with Crippen LogP contribution in [0.4, 0.5) is 11.4 Å². The van der Waals surface area contributed by atoms with Crippen molar-refractivity contribution in [1.29, 1.82) is 0 Å². The second kappa shape index (κ2) is 25.7. The van der Waals surface area contributed by atoms with Gasteiger partial charge in [-0.3, -0.25) is 24.0 Å². The molecule has 26 heteroatoms. The molecule has 2 aromatic carbocycles. The van der Waals surface area contributed by atoms with Crippen LogP contribution in [0.1, 0.15) is 41.4 Å². The van der Waals surface area contributed by atoms with Gasteiger partial charge >= 0.3 is 0 Å². The summed E-state index contributed by atoms with van der Waals surface area (Å²) in [6.07, 6.45) is -6.48. The van der Waals surface area contributed by atoms with Crippen molar-refractivity contribution in [2.75, 3.05) is 75.9 Å². The van der Waals surface area contributed by atoms with Gasteiger partial charge in [0.15, 0.2) is 0 Å². The number of aliphatic hydroxyl groups is 9. The predicted octanol–water partition coefficient (Wildman–Crippen LogP) is -1.84. The van der Waals surface area contributed by atoms with Crippen LogP contribution in [-0.2, 0) is 4.79 Å². The molecule has 14 N–H and O–H groups in total. The Labute approximate surface area is 413 Å². The van der Waals surface area contributed by atoms with Crippen LogP contribution in [-0.4, -0.2) is 177 Å². The molecule has 0 fully saturated rings. The molecule has 0 spiro atoms. The quantitative estimate of drug-likeness (QED) is 0.0430. The van der Waals surface area contributed by atoms with Crippen LogP contribution in [0.15, 0.2) is 0 Å². The Bertz CT molecular complexity index is 1770. The van der Waals surface area contributed by atoms with Gasteiger partial charge in [-0.15, -0.1) is 0 Å². The van der Waals surface area contributed by atoms with E-state index in [-0.39, 0.29) is 74.7 Å². The molecule has 0 heterocycles. The molecule has 0 bridgehead atoms. The summed E-state index contributed by atoms with van der Waals surface area (Å²) in [7, 11) is 0. The van der Waals surface area contributed by atoms with Crippen LogP contribution in [0.3, 0.4) is 0 Å². The van der Waals surface area contributed by atoms with E-state index in [1.54, 1.807) is 90.4 Å². The zero-order valence-electron chi connectivity index (χ0n) is 29.8. The van der Waals surface area contributed by atoms with Gasteiger partial charge in [-0.2, -0.15) is 0 Å². The zero-order valence-corrected chi connectivity index (χ0v) is 42.8. The molecule has 324 valence electrons. The van der Waals surface area contributed by atoms with E-state index in [2.05, 4.69) is 16.0 Å². The number of carbonyl (C=O) groups is 5. The normalized spacial score (nSPS) is 13.8. The first-order valence-corrected chi connectivity index (χ1v) is 23.1. The molecule has 5 unspecified atom stereocenters. The number of hydrogen-bond acceptors (Lipinski definition) is 15. The maximum Gasteiger partial charge on any atom is 0.256 e. The highest BCUT2D eigenvalue weighted by Crippen LogP contribution is 2.39. The lowest BCUT2D eigenvalue weighted by molar-refractivity contribution is -0.107. The average molecular weight is 1490 g/mol. The van der Waals surface area contributed by atoms with Crippen molar-refractivity contribution in [3.8, 4) is 0 Å². The Morgan fingerprint density at radius 1 is 0.569 bits per heavy atom. The summed E-state index contributed by atoms with van der Waals surface area (Å²) in [5, 5.41) is 96.5. The maximum atomic E-state index is 14.0. The van der Waals surface area contributed by atoms with E-state index in [1.165, 1.54) is 0 Å². The number of aliphatic hydroxyl groups excluding tert-OH is 9. The number of primary amides is 1. The molecular formula is C32H40I6N6O14. The summed E-state index contributed by atoms with van der Waals surface area (Å²) in [6, 6.07) is 0. The Balaban J connectivity index is 2.64. The Hall–Kier alpha value is -0.390. The number of halogens is 6. The minimum atomic E-state index is -1.41. The van der Waals surface area contributed by atoms with E-state index >= 15 is 0 Å². The number of rotatable bonds is 23. The molecule has 0 aliphatic carbocycles. The van der Waals surface area contributed by atoms with Gasteiger partial charge in [0.1, 0.15) is 0 Å². The SMILES string of the molecule is NC(=O)c1c(I)c(NCC(O)CN(C=O)c2c(I)c(C(=O)NCC(O)CO)c(I)c(C(=O)NCC(O)CO)c2I)c(I)c(C(=O)N(CC(O)CO)CC(O)CO)c1I. The molecule has 0 aliphatic rings. The molecule has 2 rings (SSSR count). The predicted molar refractivity (Wildman–Crippen MR) is 259 cm³/mol. The van der Waals surface area contributed by atoms with Gasteiger partial charge in [-0.1, -0.05) is 0 Å². The van der Waals surface area contributed by atoms with Crippen LogP contribution >= 0.6 is 136 Å². The van der Waals surface area contributed by atoms with Crippen molar-refractivity contribution < 1.29 is 69.9 Å². The van der Waals surface area contributed by atoms with Crippen molar-refractivity contribution >= 4 is 177 Å². The first-order valence-electron chi connectivity index (χ1n) is 16.6. The number of nitrogens with zero attached hydrogens (tertiary/aromatic N) is 2. The molecule has 0 aromatic heterocycles. The Morgan fingerprint density at radius 2 is 0.983 bits per heavy atom. The molecule has 20 nitrogen and oxygen atoms in total. The topological polar surface area (TPSA) is 336 Å². The first kappa shape index (κ1) is 53.7. The lowest BCUT2D eigenvalue weighted by Crippen LogP contribution is -2.44. The van der Waals surface area contributed by atoms with Gasteiger partial charge in [0.25, 0.3) is 23.6 Å². The van der Waals surface area contributed by atoms with Crippen molar-refractivity contribution in [1.82, 2.24) is 15.5 Å². The summed E-state index contributed by atoms with van der Waals surface area (Å²) in [5.41, 5.74) is 5.62. The third kappa shape index (κ3) is 14.1. The van der Waals surface area contributed by atoms with Crippen LogP contribution in [0.5, 0.6) is 0 Å². The van der Waals surface area contributed by atoms with Crippen LogP contribution in [0.2, 0.25) is 0 Å². The average Bonchev–Trinajstić information content (AvgIpc) is 3.17. The highest BCUT2D eigenvalue weighted by molar-refractivity contribution is 14.1.